The first-order valence-electron chi connectivity index (χ1n) is 7.73. The molecule has 0 saturated carbocycles. The molecule has 0 fully saturated rings. The minimum absolute atomic E-state index is 0.617. The van der Waals surface area contributed by atoms with Gasteiger partial charge in [0.05, 0.1) is 6.61 Å². The van der Waals surface area contributed by atoms with Gasteiger partial charge in [0, 0.05) is 12.7 Å². The molecule has 0 saturated heterocycles. The van der Waals surface area contributed by atoms with Crippen molar-refractivity contribution in [3.05, 3.63) is 41.5 Å². The van der Waals surface area contributed by atoms with Crippen LogP contribution in [0.1, 0.15) is 50.7 Å². The van der Waals surface area contributed by atoms with E-state index in [-0.39, 0.29) is 0 Å². The maximum atomic E-state index is 10.4. The number of ether oxygens (including phenoxy) is 1. The van der Waals surface area contributed by atoms with Crippen molar-refractivity contribution in [1.29, 1.82) is 0 Å². The van der Waals surface area contributed by atoms with Gasteiger partial charge in [-0.3, -0.25) is 0 Å². The van der Waals surface area contributed by atoms with E-state index < -0.39 is 5.97 Å². The van der Waals surface area contributed by atoms with Crippen LogP contribution in [-0.2, 0) is 16.1 Å². The molecule has 3 heteroatoms. The Hall–Kier alpha value is -1.61. The predicted molar refractivity (Wildman–Crippen MR) is 86.1 cm³/mol. The third kappa shape index (κ3) is 7.66. The summed E-state index contributed by atoms with van der Waals surface area (Å²) in [6.45, 7) is 5.86. The molecule has 1 aromatic carbocycles. The lowest BCUT2D eigenvalue weighted by Gasteiger charge is -2.14. The van der Waals surface area contributed by atoms with Gasteiger partial charge in [0.25, 0.3) is 0 Å². The van der Waals surface area contributed by atoms with E-state index in [9.17, 15) is 4.79 Å². The number of aliphatic carboxylic acids is 1. The lowest BCUT2D eigenvalue weighted by Crippen LogP contribution is -2.08. The Bertz CT molecular complexity index is 434. The summed E-state index contributed by atoms with van der Waals surface area (Å²) in [5, 5.41) is 8.58. The summed E-state index contributed by atoms with van der Waals surface area (Å²) in [4.78, 5) is 10.4. The fraction of sp³-hybridized carbons (Fsp3) is 0.500. The number of carbonyl (C=O) groups is 1. The first-order chi connectivity index (χ1) is 10.2. The van der Waals surface area contributed by atoms with Crippen molar-refractivity contribution >= 4 is 12.0 Å². The van der Waals surface area contributed by atoms with Gasteiger partial charge in [0.1, 0.15) is 0 Å². The predicted octanol–water partition coefficient (Wildman–Crippen LogP) is 4.52. The molecule has 3 nitrogen and oxygen atoms in total. The van der Waals surface area contributed by atoms with Crippen molar-refractivity contribution in [2.24, 2.45) is 5.92 Å². The van der Waals surface area contributed by atoms with Crippen LogP contribution in [0.15, 0.2) is 30.3 Å². The number of unbranched alkanes of at least 4 members (excludes halogenated alkanes) is 1. The first kappa shape index (κ1) is 17.4. The average molecular weight is 290 g/mol. The topological polar surface area (TPSA) is 46.5 Å². The molecule has 0 heterocycles. The molecular formula is C18H26O3. The van der Waals surface area contributed by atoms with Crippen molar-refractivity contribution < 1.29 is 14.6 Å². The summed E-state index contributed by atoms with van der Waals surface area (Å²) >= 11 is 0. The van der Waals surface area contributed by atoms with Gasteiger partial charge in [-0.2, -0.15) is 0 Å². The molecule has 1 unspecified atom stereocenters. The summed E-state index contributed by atoms with van der Waals surface area (Å²) in [7, 11) is 0. The van der Waals surface area contributed by atoms with E-state index in [1.807, 2.05) is 24.3 Å². The van der Waals surface area contributed by atoms with Gasteiger partial charge in [0.15, 0.2) is 0 Å². The third-order valence-corrected chi connectivity index (χ3v) is 3.56. The van der Waals surface area contributed by atoms with Crippen LogP contribution in [0, 0.1) is 5.92 Å². The Morgan fingerprint density at radius 1 is 1.29 bits per heavy atom. The smallest absolute Gasteiger partial charge is 0.328 e. The van der Waals surface area contributed by atoms with Gasteiger partial charge in [-0.15, -0.1) is 0 Å². The second-order valence-corrected chi connectivity index (χ2v) is 5.34. The molecule has 116 valence electrons. The zero-order valence-electron chi connectivity index (χ0n) is 13.0. The lowest BCUT2D eigenvalue weighted by atomic mass is 10.0. The fourth-order valence-electron chi connectivity index (χ4n) is 2.13. The van der Waals surface area contributed by atoms with Crippen LogP contribution in [-0.4, -0.2) is 17.7 Å². The zero-order chi connectivity index (χ0) is 15.5. The number of hydrogen-bond acceptors (Lipinski definition) is 2. The third-order valence-electron chi connectivity index (χ3n) is 3.56. The van der Waals surface area contributed by atoms with Gasteiger partial charge >= 0.3 is 5.97 Å². The molecule has 0 aromatic heterocycles. The van der Waals surface area contributed by atoms with Gasteiger partial charge in [-0.05, 0) is 29.5 Å². The summed E-state index contributed by atoms with van der Waals surface area (Å²) in [6, 6.07) is 7.78. The van der Waals surface area contributed by atoms with Crippen molar-refractivity contribution in [1.82, 2.24) is 0 Å². The van der Waals surface area contributed by atoms with Crippen molar-refractivity contribution in [2.75, 3.05) is 6.61 Å². The van der Waals surface area contributed by atoms with E-state index >= 15 is 0 Å². The van der Waals surface area contributed by atoms with Crippen molar-refractivity contribution in [3.63, 3.8) is 0 Å². The molecule has 0 aliphatic rings. The van der Waals surface area contributed by atoms with Crippen LogP contribution in [0.3, 0.4) is 0 Å². The minimum atomic E-state index is -0.930. The maximum Gasteiger partial charge on any atom is 0.328 e. The van der Waals surface area contributed by atoms with Crippen molar-refractivity contribution in [3.8, 4) is 0 Å². The van der Waals surface area contributed by atoms with Gasteiger partial charge < -0.3 is 9.84 Å². The summed E-state index contributed by atoms with van der Waals surface area (Å²) in [5.74, 6) is -0.275. The van der Waals surface area contributed by atoms with E-state index in [1.54, 1.807) is 6.08 Å². The van der Waals surface area contributed by atoms with Crippen LogP contribution in [0.5, 0.6) is 0 Å². The van der Waals surface area contributed by atoms with Crippen LogP contribution in [0.4, 0.5) is 0 Å². The SMILES string of the molecule is CCCCC(CC)COCc1ccc(C=CC(=O)O)cc1. The normalized spacial score (nSPS) is 12.7. The standard InChI is InChI=1S/C18H26O3/c1-3-5-6-15(4-2)13-21-14-17-9-7-16(8-10-17)11-12-18(19)20/h7-12,15H,3-6,13-14H2,1-2H3,(H,19,20). The second-order valence-electron chi connectivity index (χ2n) is 5.34. The highest BCUT2D eigenvalue weighted by Crippen LogP contribution is 2.14. The van der Waals surface area contributed by atoms with Crippen LogP contribution in [0.25, 0.3) is 6.08 Å². The molecule has 0 spiro atoms. The van der Waals surface area contributed by atoms with E-state index in [2.05, 4.69) is 13.8 Å². The van der Waals surface area contributed by atoms with Crippen LogP contribution < -0.4 is 0 Å². The Labute approximate surface area is 127 Å². The molecule has 21 heavy (non-hydrogen) atoms. The number of rotatable bonds is 10. The molecule has 1 N–H and O–H groups in total. The Morgan fingerprint density at radius 3 is 2.57 bits per heavy atom. The molecule has 0 aliphatic heterocycles. The molecule has 1 aromatic rings. The van der Waals surface area contributed by atoms with E-state index in [4.69, 9.17) is 9.84 Å². The van der Waals surface area contributed by atoms with Gasteiger partial charge in [-0.25, -0.2) is 4.79 Å². The molecule has 1 atom stereocenters. The fourth-order valence-corrected chi connectivity index (χ4v) is 2.13. The molecule has 1 rings (SSSR count). The van der Waals surface area contributed by atoms with E-state index in [0.717, 1.165) is 23.8 Å². The number of hydrogen-bond donors (Lipinski definition) is 1. The molecule has 0 bridgehead atoms. The van der Waals surface area contributed by atoms with E-state index in [0.29, 0.717) is 12.5 Å². The Morgan fingerprint density at radius 2 is 2.00 bits per heavy atom. The quantitative estimate of drug-likeness (QED) is 0.644. The molecule has 0 amide bonds. The summed E-state index contributed by atoms with van der Waals surface area (Å²) in [6.07, 6.45) is 7.65. The average Bonchev–Trinajstić information content (AvgIpc) is 2.49. The summed E-state index contributed by atoms with van der Waals surface area (Å²) in [5.41, 5.74) is 2.00. The van der Waals surface area contributed by atoms with E-state index in [1.165, 1.54) is 25.7 Å². The lowest BCUT2D eigenvalue weighted by molar-refractivity contribution is -0.131. The number of benzene rings is 1. The first-order valence-corrected chi connectivity index (χ1v) is 7.73. The minimum Gasteiger partial charge on any atom is -0.478 e. The highest BCUT2D eigenvalue weighted by molar-refractivity contribution is 5.85. The number of carboxylic acids is 1. The largest absolute Gasteiger partial charge is 0.478 e. The highest BCUT2D eigenvalue weighted by Gasteiger charge is 2.05. The summed E-state index contributed by atoms with van der Waals surface area (Å²) < 4.78 is 5.80. The maximum absolute atomic E-state index is 10.4. The Kier molecular flexibility index (Phi) is 8.44. The highest BCUT2D eigenvalue weighted by atomic mass is 16.5. The van der Waals surface area contributed by atoms with Crippen molar-refractivity contribution in [2.45, 2.75) is 46.1 Å². The second kappa shape index (κ2) is 10.2. The monoisotopic (exact) mass is 290 g/mol. The molecular weight excluding hydrogens is 264 g/mol. The van der Waals surface area contributed by atoms with Crippen LogP contribution in [0.2, 0.25) is 0 Å². The zero-order valence-corrected chi connectivity index (χ0v) is 13.0. The van der Waals surface area contributed by atoms with Gasteiger partial charge in [0.2, 0.25) is 0 Å². The molecule has 0 radical (unpaired) electrons. The van der Waals surface area contributed by atoms with Gasteiger partial charge in [-0.1, -0.05) is 57.4 Å². The van der Waals surface area contributed by atoms with Crippen LogP contribution >= 0.6 is 0 Å². The number of carboxylic acid groups (broad SMARTS) is 1. The Balaban J connectivity index is 2.36. The molecule has 0 aliphatic carbocycles.